The van der Waals surface area contributed by atoms with Crippen LogP contribution in [0.5, 0.6) is 0 Å². The molecule has 0 saturated heterocycles. The smallest absolute Gasteiger partial charge is 0.310 e. The Balaban J connectivity index is 2.93. The molecule has 0 unspecified atom stereocenters. The van der Waals surface area contributed by atoms with Crippen LogP contribution in [-0.2, 0) is 22.5 Å². The molecule has 0 amide bonds. The van der Waals surface area contributed by atoms with Gasteiger partial charge in [-0.05, 0) is 24.1 Å². The zero-order valence-electron chi connectivity index (χ0n) is 9.45. The molecule has 0 spiro atoms. The molecule has 1 rings (SSSR count). The van der Waals surface area contributed by atoms with Crippen LogP contribution in [0.15, 0.2) is 12.3 Å². The van der Waals surface area contributed by atoms with Gasteiger partial charge in [-0.15, -0.1) is 0 Å². The molecule has 0 bridgehead atoms. The third-order valence-electron chi connectivity index (χ3n) is 2.19. The Kier molecular flexibility index (Phi) is 4.96. The number of ether oxygens (including phenoxy) is 1. The van der Waals surface area contributed by atoms with Crippen LogP contribution in [-0.4, -0.2) is 17.6 Å². The first kappa shape index (κ1) is 13.5. The number of carbonyl (C=O) groups is 1. The number of esters is 1. The quantitative estimate of drug-likeness (QED) is 0.799. The summed E-state index contributed by atoms with van der Waals surface area (Å²) in [6.07, 6.45) is -1.46. The second-order valence-electron chi connectivity index (χ2n) is 3.36. The summed E-state index contributed by atoms with van der Waals surface area (Å²) in [5.41, 5.74) is 6.10. The zero-order chi connectivity index (χ0) is 12.8. The summed E-state index contributed by atoms with van der Waals surface area (Å²) in [7, 11) is 0. The molecule has 1 aromatic heterocycles. The maximum atomic E-state index is 12.5. The van der Waals surface area contributed by atoms with E-state index in [0.29, 0.717) is 11.1 Å². The van der Waals surface area contributed by atoms with Crippen LogP contribution in [0, 0.1) is 0 Å². The van der Waals surface area contributed by atoms with E-state index in [0.717, 1.165) is 0 Å². The van der Waals surface area contributed by atoms with Gasteiger partial charge in [0.25, 0.3) is 6.43 Å². The van der Waals surface area contributed by atoms with Gasteiger partial charge in [-0.25, -0.2) is 8.78 Å². The lowest BCUT2D eigenvalue weighted by atomic mass is 10.1. The second kappa shape index (κ2) is 6.24. The van der Waals surface area contributed by atoms with E-state index < -0.39 is 12.4 Å². The highest BCUT2D eigenvalue weighted by Crippen LogP contribution is 2.19. The predicted molar refractivity (Wildman–Crippen MR) is 57.4 cm³/mol. The Bertz CT molecular complexity index is 397. The maximum Gasteiger partial charge on any atom is 0.310 e. The number of nitrogens with zero attached hydrogens (tertiary/aromatic N) is 1. The van der Waals surface area contributed by atoms with Crippen LogP contribution >= 0.6 is 0 Å². The molecule has 4 nitrogen and oxygen atoms in total. The summed E-state index contributed by atoms with van der Waals surface area (Å²) >= 11 is 0. The number of hydrogen-bond donors (Lipinski definition) is 1. The number of carbonyl (C=O) groups excluding carboxylic acids is 1. The van der Waals surface area contributed by atoms with Crippen LogP contribution in [0.1, 0.15) is 30.2 Å². The number of pyridine rings is 1. The van der Waals surface area contributed by atoms with Gasteiger partial charge < -0.3 is 10.5 Å². The van der Waals surface area contributed by atoms with E-state index in [2.05, 4.69) is 4.98 Å². The minimum atomic E-state index is -2.66. The van der Waals surface area contributed by atoms with E-state index in [4.69, 9.17) is 10.5 Å². The lowest BCUT2D eigenvalue weighted by molar-refractivity contribution is -0.142. The number of nitrogens with two attached hydrogens (primary N) is 1. The van der Waals surface area contributed by atoms with Crippen molar-refractivity contribution < 1.29 is 18.3 Å². The predicted octanol–water partition coefficient (Wildman–Crippen LogP) is 1.58. The van der Waals surface area contributed by atoms with E-state index in [1.807, 2.05) is 0 Å². The lowest BCUT2D eigenvalue weighted by Crippen LogP contribution is -2.12. The van der Waals surface area contributed by atoms with Crippen molar-refractivity contribution in [1.82, 2.24) is 4.98 Å². The fourth-order valence-corrected chi connectivity index (χ4v) is 1.38. The van der Waals surface area contributed by atoms with Crippen molar-refractivity contribution in [3.8, 4) is 0 Å². The van der Waals surface area contributed by atoms with Gasteiger partial charge in [0.1, 0.15) is 5.69 Å². The maximum absolute atomic E-state index is 12.5. The van der Waals surface area contributed by atoms with Crippen LogP contribution in [0.2, 0.25) is 0 Å². The van der Waals surface area contributed by atoms with Crippen molar-refractivity contribution in [2.24, 2.45) is 5.73 Å². The molecule has 1 heterocycles. The van der Waals surface area contributed by atoms with Crippen molar-refractivity contribution in [2.75, 3.05) is 6.61 Å². The lowest BCUT2D eigenvalue weighted by Gasteiger charge is -2.09. The van der Waals surface area contributed by atoms with Crippen LogP contribution in [0.25, 0.3) is 0 Å². The molecule has 0 aromatic carbocycles. The topological polar surface area (TPSA) is 65.2 Å². The van der Waals surface area contributed by atoms with Crippen molar-refractivity contribution in [3.63, 3.8) is 0 Å². The molecule has 0 atom stereocenters. The summed E-state index contributed by atoms with van der Waals surface area (Å²) in [5.74, 6) is -0.464. The summed E-state index contributed by atoms with van der Waals surface area (Å²) in [4.78, 5) is 14.9. The van der Waals surface area contributed by atoms with Crippen molar-refractivity contribution >= 4 is 5.97 Å². The first-order valence-corrected chi connectivity index (χ1v) is 5.20. The van der Waals surface area contributed by atoms with E-state index in [1.165, 1.54) is 12.3 Å². The summed E-state index contributed by atoms with van der Waals surface area (Å²) < 4.78 is 29.7. The molecule has 0 fully saturated rings. The summed E-state index contributed by atoms with van der Waals surface area (Å²) in [6, 6.07) is 1.20. The van der Waals surface area contributed by atoms with Crippen molar-refractivity contribution in [3.05, 3.63) is 29.1 Å². The number of alkyl halides is 2. The third kappa shape index (κ3) is 3.74. The average Bonchev–Trinajstić information content (AvgIpc) is 2.29. The summed E-state index contributed by atoms with van der Waals surface area (Å²) in [6.45, 7) is 2.08. The van der Waals surface area contributed by atoms with Gasteiger partial charge in [-0.3, -0.25) is 9.78 Å². The number of halogens is 2. The molecule has 6 heteroatoms. The largest absolute Gasteiger partial charge is 0.466 e. The van der Waals surface area contributed by atoms with Crippen molar-refractivity contribution in [2.45, 2.75) is 26.3 Å². The Morgan fingerprint density at radius 1 is 1.53 bits per heavy atom. The molecule has 94 valence electrons. The Morgan fingerprint density at radius 3 is 2.76 bits per heavy atom. The molecule has 1 aromatic rings. The van der Waals surface area contributed by atoms with E-state index in [1.54, 1.807) is 6.92 Å². The van der Waals surface area contributed by atoms with E-state index >= 15 is 0 Å². The molecule has 0 aliphatic heterocycles. The highest BCUT2D eigenvalue weighted by atomic mass is 19.3. The fraction of sp³-hybridized carbons (Fsp3) is 0.455. The van der Waals surface area contributed by atoms with Gasteiger partial charge in [0.2, 0.25) is 0 Å². The number of aromatic nitrogens is 1. The summed E-state index contributed by atoms with van der Waals surface area (Å²) in [5, 5.41) is 0. The van der Waals surface area contributed by atoms with Crippen LogP contribution in [0.3, 0.4) is 0 Å². The Hall–Kier alpha value is -1.56. The average molecular weight is 244 g/mol. The molecular weight excluding hydrogens is 230 g/mol. The van der Waals surface area contributed by atoms with Crippen molar-refractivity contribution in [1.29, 1.82) is 0 Å². The van der Waals surface area contributed by atoms with Gasteiger partial charge in [0.05, 0.1) is 13.0 Å². The number of rotatable bonds is 5. The van der Waals surface area contributed by atoms with Gasteiger partial charge in [0.15, 0.2) is 0 Å². The molecule has 0 saturated carbocycles. The minimum Gasteiger partial charge on any atom is -0.466 e. The van der Waals surface area contributed by atoms with Gasteiger partial charge >= 0.3 is 5.97 Å². The monoisotopic (exact) mass is 244 g/mol. The third-order valence-corrected chi connectivity index (χ3v) is 2.19. The first-order valence-electron chi connectivity index (χ1n) is 5.20. The zero-order valence-corrected chi connectivity index (χ0v) is 9.45. The SMILES string of the molecule is CCOC(=O)Cc1cc(C(F)F)ncc1CN. The minimum absolute atomic E-state index is 0.0669. The van der Waals surface area contributed by atoms with E-state index in [-0.39, 0.29) is 25.3 Å². The van der Waals surface area contributed by atoms with Crippen LogP contribution < -0.4 is 5.73 Å². The highest BCUT2D eigenvalue weighted by molar-refractivity contribution is 5.73. The second-order valence-corrected chi connectivity index (χ2v) is 3.36. The first-order chi connectivity index (χ1) is 8.08. The van der Waals surface area contributed by atoms with Gasteiger partial charge in [0, 0.05) is 12.7 Å². The van der Waals surface area contributed by atoms with Crippen LogP contribution in [0.4, 0.5) is 8.78 Å². The normalized spacial score (nSPS) is 10.6. The van der Waals surface area contributed by atoms with Gasteiger partial charge in [-0.2, -0.15) is 0 Å². The van der Waals surface area contributed by atoms with Gasteiger partial charge in [-0.1, -0.05) is 0 Å². The highest BCUT2D eigenvalue weighted by Gasteiger charge is 2.14. The standard InChI is InChI=1S/C11H14F2N2O2/c1-2-17-10(16)4-7-3-9(11(12)13)15-6-8(7)5-14/h3,6,11H,2,4-5,14H2,1H3. The Labute approximate surface area is 97.8 Å². The molecular formula is C11H14F2N2O2. The van der Waals surface area contributed by atoms with E-state index in [9.17, 15) is 13.6 Å². The molecule has 0 aliphatic rings. The molecule has 2 N–H and O–H groups in total. The molecule has 0 aliphatic carbocycles. The number of hydrogen-bond acceptors (Lipinski definition) is 4. The molecule has 17 heavy (non-hydrogen) atoms. The molecule has 0 radical (unpaired) electrons. The Morgan fingerprint density at radius 2 is 2.24 bits per heavy atom. The fourth-order valence-electron chi connectivity index (χ4n) is 1.38.